The lowest BCUT2D eigenvalue weighted by Crippen LogP contribution is -2.50. The van der Waals surface area contributed by atoms with Gasteiger partial charge in [-0.3, -0.25) is 0 Å². The number of carbonyl (C=O) groups is 1. The van der Waals surface area contributed by atoms with Gasteiger partial charge in [-0.2, -0.15) is 0 Å². The van der Waals surface area contributed by atoms with E-state index in [1.54, 1.807) is 27.7 Å². The normalized spacial score (nSPS) is 13.0. The molecule has 200 valence electrons. The van der Waals surface area contributed by atoms with Crippen molar-refractivity contribution < 1.29 is 28.8 Å². The number of alkyl carbamates (subject to hydrolysis) is 1. The molecule has 0 heterocycles. The highest BCUT2D eigenvalue weighted by Crippen LogP contribution is 2.37. The zero-order chi connectivity index (χ0) is 26.8. The summed E-state index contributed by atoms with van der Waals surface area (Å²) < 4.78 is 22.8. The number of amides is 1. The maximum atomic E-state index is 12.2. The summed E-state index contributed by atoms with van der Waals surface area (Å²) in [7, 11) is 0. The first-order chi connectivity index (χ1) is 17.0. The van der Waals surface area contributed by atoms with E-state index in [1.165, 1.54) is 0 Å². The van der Waals surface area contributed by atoms with Gasteiger partial charge in [-0.15, -0.1) is 0 Å². The van der Waals surface area contributed by atoms with Crippen LogP contribution in [-0.2, 0) is 17.6 Å². The summed E-state index contributed by atoms with van der Waals surface area (Å²) in [6.45, 7) is 12.3. The number of ether oxygens (including phenoxy) is 4. The highest BCUT2D eigenvalue weighted by molar-refractivity contribution is 6.32. The van der Waals surface area contributed by atoms with Gasteiger partial charge in [0.05, 0.1) is 37.0 Å². The predicted molar refractivity (Wildman–Crippen MR) is 143 cm³/mol. The van der Waals surface area contributed by atoms with E-state index in [2.05, 4.69) is 5.32 Å². The van der Waals surface area contributed by atoms with E-state index in [1.807, 2.05) is 50.2 Å². The summed E-state index contributed by atoms with van der Waals surface area (Å²) in [5.41, 5.74) is 0.534. The molecule has 0 aromatic heterocycles. The van der Waals surface area contributed by atoms with Gasteiger partial charge in [-0.1, -0.05) is 23.7 Å². The Morgan fingerprint density at radius 2 is 1.69 bits per heavy atom. The zero-order valence-corrected chi connectivity index (χ0v) is 23.0. The summed E-state index contributed by atoms with van der Waals surface area (Å²) in [4.78, 5) is 12.2. The van der Waals surface area contributed by atoms with E-state index >= 15 is 0 Å². The van der Waals surface area contributed by atoms with Crippen LogP contribution in [0.5, 0.6) is 17.2 Å². The SMILES string of the molecule is CCOc1cccc(CCOc2c(Cl)cc(CCC(C)(CO)NC(=O)OC(C)(C)C)cc2OCC)c1. The van der Waals surface area contributed by atoms with Crippen molar-refractivity contribution in [3.05, 3.63) is 52.5 Å². The number of nitrogens with one attached hydrogen (secondary N) is 1. The molecule has 0 spiro atoms. The molecule has 2 aromatic carbocycles. The van der Waals surface area contributed by atoms with Gasteiger partial charge in [0.25, 0.3) is 0 Å². The fourth-order valence-electron chi connectivity index (χ4n) is 3.55. The third-order valence-electron chi connectivity index (χ3n) is 5.33. The highest BCUT2D eigenvalue weighted by atomic mass is 35.5. The Bertz CT molecular complexity index is 990. The van der Waals surface area contributed by atoms with Crippen molar-refractivity contribution >= 4 is 17.7 Å². The van der Waals surface area contributed by atoms with Gasteiger partial charge < -0.3 is 29.4 Å². The third kappa shape index (κ3) is 9.78. The number of halogens is 1. The van der Waals surface area contributed by atoms with Gasteiger partial charge in [-0.05, 0) is 89.8 Å². The van der Waals surface area contributed by atoms with Crippen LogP contribution >= 0.6 is 11.6 Å². The molecule has 0 saturated heterocycles. The van der Waals surface area contributed by atoms with Gasteiger partial charge in [0.15, 0.2) is 11.5 Å². The molecule has 8 heteroatoms. The molecule has 0 aliphatic rings. The van der Waals surface area contributed by atoms with Gasteiger partial charge >= 0.3 is 6.09 Å². The Hall–Kier alpha value is -2.64. The Morgan fingerprint density at radius 3 is 2.33 bits per heavy atom. The molecule has 0 radical (unpaired) electrons. The van der Waals surface area contributed by atoms with Gasteiger partial charge in [0, 0.05) is 6.42 Å². The third-order valence-corrected chi connectivity index (χ3v) is 5.61. The van der Waals surface area contributed by atoms with Crippen molar-refractivity contribution in [1.82, 2.24) is 5.32 Å². The molecule has 1 atom stereocenters. The van der Waals surface area contributed by atoms with E-state index in [9.17, 15) is 9.90 Å². The maximum absolute atomic E-state index is 12.2. The fraction of sp³-hybridized carbons (Fsp3) is 0.536. The minimum Gasteiger partial charge on any atom is -0.494 e. The van der Waals surface area contributed by atoms with Crippen molar-refractivity contribution in [3.8, 4) is 17.2 Å². The lowest BCUT2D eigenvalue weighted by molar-refractivity contribution is 0.0407. The first-order valence-corrected chi connectivity index (χ1v) is 12.8. The average Bonchev–Trinajstić information content (AvgIpc) is 2.79. The molecule has 2 rings (SSSR count). The van der Waals surface area contributed by atoms with Crippen LogP contribution in [0.4, 0.5) is 4.79 Å². The van der Waals surface area contributed by atoms with Crippen LogP contribution in [-0.4, -0.2) is 48.8 Å². The molecule has 0 aliphatic heterocycles. The van der Waals surface area contributed by atoms with Crippen molar-refractivity contribution in [2.75, 3.05) is 26.4 Å². The van der Waals surface area contributed by atoms with Crippen LogP contribution in [0.15, 0.2) is 36.4 Å². The number of aliphatic hydroxyl groups is 1. The quantitative estimate of drug-likeness (QED) is 0.338. The first kappa shape index (κ1) is 29.6. The molecule has 2 aromatic rings. The van der Waals surface area contributed by atoms with Crippen molar-refractivity contribution in [1.29, 1.82) is 0 Å². The van der Waals surface area contributed by atoms with E-state index in [0.717, 1.165) is 16.9 Å². The van der Waals surface area contributed by atoms with E-state index in [4.69, 9.17) is 30.5 Å². The monoisotopic (exact) mass is 521 g/mol. The van der Waals surface area contributed by atoms with Gasteiger partial charge in [0.1, 0.15) is 11.4 Å². The van der Waals surface area contributed by atoms with Crippen LogP contribution in [0.1, 0.15) is 59.1 Å². The topological polar surface area (TPSA) is 86.2 Å². The van der Waals surface area contributed by atoms with Crippen molar-refractivity contribution in [3.63, 3.8) is 0 Å². The van der Waals surface area contributed by atoms with Crippen LogP contribution in [0, 0.1) is 0 Å². The number of aliphatic hydroxyl groups excluding tert-OH is 1. The molecule has 2 N–H and O–H groups in total. The highest BCUT2D eigenvalue weighted by Gasteiger charge is 2.28. The fourth-order valence-corrected chi connectivity index (χ4v) is 3.84. The number of benzene rings is 2. The van der Waals surface area contributed by atoms with Crippen molar-refractivity contribution in [2.24, 2.45) is 0 Å². The first-order valence-electron chi connectivity index (χ1n) is 12.4. The second-order valence-electron chi connectivity index (χ2n) is 9.86. The van der Waals surface area contributed by atoms with E-state index in [-0.39, 0.29) is 6.61 Å². The molecule has 0 saturated carbocycles. The predicted octanol–water partition coefficient (Wildman–Crippen LogP) is 5.97. The zero-order valence-electron chi connectivity index (χ0n) is 22.3. The number of carbonyl (C=O) groups excluding carboxylic acids is 1. The molecule has 0 bridgehead atoms. The molecule has 36 heavy (non-hydrogen) atoms. The molecule has 1 amide bonds. The molecule has 7 nitrogen and oxygen atoms in total. The number of aryl methyl sites for hydroxylation is 1. The summed E-state index contributed by atoms with van der Waals surface area (Å²) >= 11 is 6.60. The average molecular weight is 522 g/mol. The second kappa shape index (κ2) is 13.6. The van der Waals surface area contributed by atoms with Crippen LogP contribution in [0.25, 0.3) is 0 Å². The van der Waals surface area contributed by atoms with Crippen LogP contribution < -0.4 is 19.5 Å². The van der Waals surface area contributed by atoms with Crippen LogP contribution in [0.2, 0.25) is 5.02 Å². The Morgan fingerprint density at radius 1 is 0.972 bits per heavy atom. The summed E-state index contributed by atoms with van der Waals surface area (Å²) in [5, 5.41) is 13.2. The van der Waals surface area contributed by atoms with Crippen molar-refractivity contribution in [2.45, 2.75) is 71.9 Å². The Labute approximate surface area is 220 Å². The molecular weight excluding hydrogens is 482 g/mol. The lowest BCUT2D eigenvalue weighted by Gasteiger charge is -2.30. The van der Waals surface area contributed by atoms with Gasteiger partial charge in [0.2, 0.25) is 0 Å². The minimum atomic E-state index is -0.855. The summed E-state index contributed by atoms with van der Waals surface area (Å²) in [5.74, 6) is 1.90. The Kier molecular flexibility index (Phi) is 11.2. The van der Waals surface area contributed by atoms with Gasteiger partial charge in [-0.25, -0.2) is 4.79 Å². The van der Waals surface area contributed by atoms with E-state index < -0.39 is 17.2 Å². The minimum absolute atomic E-state index is 0.232. The molecular formula is C28H40ClNO6. The lowest BCUT2D eigenvalue weighted by atomic mass is 9.94. The van der Waals surface area contributed by atoms with E-state index in [0.29, 0.717) is 55.6 Å². The Balaban J connectivity index is 2.06. The van der Waals surface area contributed by atoms with Crippen LogP contribution in [0.3, 0.4) is 0 Å². The standard InChI is InChI=1S/C28H40ClNO6/c1-7-33-22-11-9-10-20(16-22)13-15-35-25-23(29)17-21(18-24(25)34-8-2)12-14-28(6,19-31)30-26(32)36-27(3,4)5/h9-11,16-18,31H,7-8,12-15,19H2,1-6H3,(H,30,32). The largest absolute Gasteiger partial charge is 0.494 e. The number of hydrogen-bond donors (Lipinski definition) is 2. The maximum Gasteiger partial charge on any atom is 0.408 e. The number of hydrogen-bond acceptors (Lipinski definition) is 6. The molecule has 1 unspecified atom stereocenters. The number of rotatable bonds is 13. The second-order valence-corrected chi connectivity index (χ2v) is 10.3. The molecule has 0 fully saturated rings. The smallest absolute Gasteiger partial charge is 0.408 e. The summed E-state index contributed by atoms with van der Waals surface area (Å²) in [6.07, 6.45) is 1.15. The molecule has 0 aliphatic carbocycles. The summed E-state index contributed by atoms with van der Waals surface area (Å²) in [6, 6.07) is 11.7.